The Bertz CT molecular complexity index is 395. The predicted octanol–water partition coefficient (Wildman–Crippen LogP) is 2.23. The van der Waals surface area contributed by atoms with Gasteiger partial charge in [0.05, 0.1) is 6.61 Å². The summed E-state index contributed by atoms with van der Waals surface area (Å²) in [5, 5.41) is 12.9. The second-order valence-electron chi connectivity index (χ2n) is 6.20. The molecule has 1 aliphatic heterocycles. The molecule has 0 aliphatic carbocycles. The molecule has 2 N–H and O–H groups in total. The van der Waals surface area contributed by atoms with E-state index in [1.807, 2.05) is 0 Å². The van der Waals surface area contributed by atoms with Gasteiger partial charge in [0.15, 0.2) is 0 Å². The van der Waals surface area contributed by atoms with Crippen LogP contribution in [0.2, 0.25) is 0 Å². The van der Waals surface area contributed by atoms with Crippen LogP contribution in [-0.4, -0.2) is 48.3 Å². The number of nitrogens with zero attached hydrogens (tertiary/aromatic N) is 1. The molecule has 0 aromatic heterocycles. The van der Waals surface area contributed by atoms with E-state index < -0.39 is 0 Å². The predicted molar refractivity (Wildman–Crippen MR) is 84.0 cm³/mol. The minimum atomic E-state index is -0.139. The minimum absolute atomic E-state index is 0.139. The average Bonchev–Trinajstić information content (AvgIpc) is 2.95. The third-order valence-corrected chi connectivity index (χ3v) is 4.48. The van der Waals surface area contributed by atoms with E-state index in [1.54, 1.807) is 0 Å². The molecule has 1 aromatic rings. The Balaban J connectivity index is 1.82. The minimum Gasteiger partial charge on any atom is -0.394 e. The van der Waals surface area contributed by atoms with Gasteiger partial charge in [0.2, 0.25) is 0 Å². The first-order chi connectivity index (χ1) is 9.67. The van der Waals surface area contributed by atoms with Crippen LogP contribution in [0.5, 0.6) is 0 Å². The van der Waals surface area contributed by atoms with Crippen molar-refractivity contribution in [3.05, 3.63) is 35.9 Å². The van der Waals surface area contributed by atoms with Gasteiger partial charge in [0.25, 0.3) is 0 Å². The van der Waals surface area contributed by atoms with Gasteiger partial charge in [-0.25, -0.2) is 0 Å². The van der Waals surface area contributed by atoms with Crippen molar-refractivity contribution in [2.75, 3.05) is 32.8 Å². The summed E-state index contributed by atoms with van der Waals surface area (Å²) in [6.07, 6.45) is 2.25. The molecule has 2 rings (SSSR count). The second kappa shape index (κ2) is 7.21. The van der Waals surface area contributed by atoms with E-state index in [9.17, 15) is 5.11 Å². The van der Waals surface area contributed by atoms with Gasteiger partial charge in [-0.15, -0.1) is 0 Å². The average molecular weight is 276 g/mol. The van der Waals surface area contributed by atoms with Crippen LogP contribution < -0.4 is 5.32 Å². The Morgan fingerprint density at radius 2 is 2.10 bits per heavy atom. The van der Waals surface area contributed by atoms with E-state index in [2.05, 4.69) is 54.4 Å². The highest BCUT2D eigenvalue weighted by molar-refractivity contribution is 5.21. The Morgan fingerprint density at radius 1 is 1.35 bits per heavy atom. The standard InChI is InChI=1S/C17H28N2O/c1-3-18-17(2,14-20)10-12-19-11-9-16(13-19)15-7-5-4-6-8-15/h4-8,16,18,20H,3,9-14H2,1-2H3. The van der Waals surface area contributed by atoms with Crippen LogP contribution in [0.1, 0.15) is 38.2 Å². The van der Waals surface area contributed by atoms with Gasteiger partial charge in [-0.3, -0.25) is 0 Å². The van der Waals surface area contributed by atoms with Crippen molar-refractivity contribution in [1.29, 1.82) is 0 Å². The summed E-state index contributed by atoms with van der Waals surface area (Å²) in [6.45, 7) is 8.70. The Hall–Kier alpha value is -0.900. The maximum absolute atomic E-state index is 9.54. The molecule has 1 fully saturated rings. The molecular weight excluding hydrogens is 248 g/mol. The van der Waals surface area contributed by atoms with Crippen LogP contribution in [0.15, 0.2) is 30.3 Å². The molecule has 1 saturated heterocycles. The summed E-state index contributed by atoms with van der Waals surface area (Å²) in [5.74, 6) is 0.677. The number of nitrogens with one attached hydrogen (secondary N) is 1. The Kier molecular flexibility index (Phi) is 5.58. The molecule has 1 aliphatic rings. The van der Waals surface area contributed by atoms with E-state index >= 15 is 0 Å². The number of likely N-dealkylation sites (tertiary alicyclic amines) is 1. The number of hydrogen-bond donors (Lipinski definition) is 2. The van der Waals surface area contributed by atoms with Crippen molar-refractivity contribution in [2.24, 2.45) is 0 Å². The number of likely N-dealkylation sites (N-methyl/N-ethyl adjacent to an activating group) is 1. The normalized spacial score (nSPS) is 22.9. The fraction of sp³-hybridized carbons (Fsp3) is 0.647. The van der Waals surface area contributed by atoms with Gasteiger partial charge in [0.1, 0.15) is 0 Å². The van der Waals surface area contributed by atoms with E-state index in [0.717, 1.165) is 26.1 Å². The fourth-order valence-electron chi connectivity index (χ4n) is 3.09. The zero-order valence-electron chi connectivity index (χ0n) is 12.8. The van der Waals surface area contributed by atoms with E-state index in [4.69, 9.17) is 0 Å². The molecule has 3 heteroatoms. The number of aliphatic hydroxyl groups excluding tert-OH is 1. The molecule has 0 bridgehead atoms. The monoisotopic (exact) mass is 276 g/mol. The maximum Gasteiger partial charge on any atom is 0.0611 e. The molecular formula is C17H28N2O. The van der Waals surface area contributed by atoms with Crippen LogP contribution in [0.4, 0.5) is 0 Å². The Labute approximate surface area is 123 Å². The fourth-order valence-corrected chi connectivity index (χ4v) is 3.09. The van der Waals surface area contributed by atoms with E-state index in [0.29, 0.717) is 5.92 Å². The lowest BCUT2D eigenvalue weighted by atomic mass is 9.98. The van der Waals surface area contributed by atoms with Gasteiger partial charge in [-0.05, 0) is 50.9 Å². The molecule has 2 atom stereocenters. The highest BCUT2D eigenvalue weighted by atomic mass is 16.3. The first kappa shape index (κ1) is 15.5. The van der Waals surface area contributed by atoms with Gasteiger partial charge in [-0.2, -0.15) is 0 Å². The first-order valence-electron chi connectivity index (χ1n) is 7.80. The third kappa shape index (κ3) is 4.05. The first-order valence-corrected chi connectivity index (χ1v) is 7.80. The molecule has 112 valence electrons. The largest absolute Gasteiger partial charge is 0.394 e. The van der Waals surface area contributed by atoms with Crippen LogP contribution in [0, 0.1) is 0 Å². The molecule has 1 heterocycles. The van der Waals surface area contributed by atoms with Crippen molar-refractivity contribution in [3.8, 4) is 0 Å². The zero-order chi connectivity index (χ0) is 14.4. The van der Waals surface area contributed by atoms with E-state index in [1.165, 1.54) is 18.5 Å². The summed E-state index contributed by atoms with van der Waals surface area (Å²) in [6, 6.07) is 10.8. The smallest absolute Gasteiger partial charge is 0.0611 e. The van der Waals surface area contributed by atoms with E-state index in [-0.39, 0.29) is 12.1 Å². The summed E-state index contributed by atoms with van der Waals surface area (Å²) in [5.41, 5.74) is 1.33. The summed E-state index contributed by atoms with van der Waals surface area (Å²) >= 11 is 0. The molecule has 0 radical (unpaired) electrons. The number of benzene rings is 1. The molecule has 0 amide bonds. The lowest BCUT2D eigenvalue weighted by Crippen LogP contribution is -2.47. The van der Waals surface area contributed by atoms with Gasteiger partial charge < -0.3 is 15.3 Å². The highest BCUT2D eigenvalue weighted by Gasteiger charge is 2.27. The van der Waals surface area contributed by atoms with Gasteiger partial charge in [0, 0.05) is 12.1 Å². The molecule has 20 heavy (non-hydrogen) atoms. The number of aliphatic hydroxyl groups is 1. The van der Waals surface area contributed by atoms with Crippen LogP contribution >= 0.6 is 0 Å². The van der Waals surface area contributed by atoms with Crippen molar-refractivity contribution < 1.29 is 5.11 Å². The topological polar surface area (TPSA) is 35.5 Å². The second-order valence-corrected chi connectivity index (χ2v) is 6.20. The maximum atomic E-state index is 9.54. The SMILES string of the molecule is CCNC(C)(CO)CCN1CCC(c2ccccc2)C1. The van der Waals surface area contributed by atoms with Crippen LogP contribution in [-0.2, 0) is 0 Å². The van der Waals surface area contributed by atoms with Crippen molar-refractivity contribution in [3.63, 3.8) is 0 Å². The molecule has 0 saturated carbocycles. The number of rotatable bonds is 7. The van der Waals surface area contributed by atoms with Crippen LogP contribution in [0.3, 0.4) is 0 Å². The van der Waals surface area contributed by atoms with Gasteiger partial charge in [-0.1, -0.05) is 37.3 Å². The van der Waals surface area contributed by atoms with Gasteiger partial charge >= 0.3 is 0 Å². The van der Waals surface area contributed by atoms with Crippen molar-refractivity contribution in [2.45, 2.75) is 38.1 Å². The van der Waals surface area contributed by atoms with Crippen molar-refractivity contribution >= 4 is 0 Å². The molecule has 2 unspecified atom stereocenters. The van der Waals surface area contributed by atoms with Crippen LogP contribution in [0.25, 0.3) is 0 Å². The molecule has 1 aromatic carbocycles. The lowest BCUT2D eigenvalue weighted by molar-refractivity contribution is 0.152. The summed E-state index contributed by atoms with van der Waals surface area (Å²) in [4.78, 5) is 2.53. The number of hydrogen-bond acceptors (Lipinski definition) is 3. The van der Waals surface area contributed by atoms with Crippen molar-refractivity contribution in [1.82, 2.24) is 10.2 Å². The highest BCUT2D eigenvalue weighted by Crippen LogP contribution is 2.27. The molecule has 0 spiro atoms. The zero-order valence-corrected chi connectivity index (χ0v) is 12.8. The Morgan fingerprint density at radius 3 is 2.75 bits per heavy atom. The summed E-state index contributed by atoms with van der Waals surface area (Å²) < 4.78 is 0. The summed E-state index contributed by atoms with van der Waals surface area (Å²) in [7, 11) is 0. The third-order valence-electron chi connectivity index (χ3n) is 4.48. The lowest BCUT2D eigenvalue weighted by Gasteiger charge is -2.30. The molecule has 3 nitrogen and oxygen atoms in total. The quantitative estimate of drug-likeness (QED) is 0.801.